The maximum Gasteiger partial charge on any atom is 0.0127 e. The Morgan fingerprint density at radius 1 is 1.00 bits per heavy atom. The molecule has 0 aromatic rings. The van der Waals surface area contributed by atoms with Gasteiger partial charge in [0.1, 0.15) is 0 Å². The van der Waals surface area contributed by atoms with Gasteiger partial charge in [0.05, 0.1) is 0 Å². The lowest BCUT2D eigenvalue weighted by Gasteiger charge is -2.60. The van der Waals surface area contributed by atoms with Gasteiger partial charge in [-0.2, -0.15) is 0 Å². The summed E-state index contributed by atoms with van der Waals surface area (Å²) >= 11 is 0. The number of nitrogens with zero attached hydrogens (tertiary/aromatic N) is 1. The Bertz CT molecular complexity index is 396. The molecule has 0 aromatic carbocycles. The predicted molar refractivity (Wildman–Crippen MR) is 86.1 cm³/mol. The van der Waals surface area contributed by atoms with Gasteiger partial charge in [0.25, 0.3) is 0 Å². The number of rotatable bonds is 2. The summed E-state index contributed by atoms with van der Waals surface area (Å²) in [6, 6.07) is 1.65. The number of hydrogen-bond acceptors (Lipinski definition) is 2. The molecule has 6 rings (SSSR count). The Balaban J connectivity index is 1.40. The third kappa shape index (κ3) is 1.84. The molecule has 4 saturated carbocycles. The van der Waals surface area contributed by atoms with Gasteiger partial charge in [-0.3, -0.25) is 4.90 Å². The predicted octanol–water partition coefficient (Wildman–Crippen LogP) is 3.13. The van der Waals surface area contributed by atoms with Crippen LogP contribution in [-0.4, -0.2) is 36.6 Å². The van der Waals surface area contributed by atoms with Gasteiger partial charge in [-0.1, -0.05) is 0 Å². The van der Waals surface area contributed by atoms with Gasteiger partial charge in [0, 0.05) is 18.6 Å². The van der Waals surface area contributed by atoms with Crippen molar-refractivity contribution in [3.63, 3.8) is 0 Å². The first kappa shape index (κ1) is 13.4. The lowest BCUT2D eigenvalue weighted by molar-refractivity contribution is -0.0993. The molecule has 4 aliphatic carbocycles. The monoisotopic (exact) mass is 288 g/mol. The van der Waals surface area contributed by atoms with Gasteiger partial charge >= 0.3 is 0 Å². The van der Waals surface area contributed by atoms with E-state index in [0.29, 0.717) is 5.41 Å². The quantitative estimate of drug-likeness (QED) is 0.840. The second kappa shape index (κ2) is 4.47. The molecular weight excluding hydrogens is 256 g/mol. The van der Waals surface area contributed by atoms with E-state index in [1.54, 1.807) is 38.5 Å². The Kier molecular flexibility index (Phi) is 2.85. The molecule has 2 heterocycles. The van der Waals surface area contributed by atoms with E-state index >= 15 is 0 Å². The molecule has 0 spiro atoms. The minimum absolute atomic E-state index is 0.703. The van der Waals surface area contributed by atoms with Crippen LogP contribution in [0.2, 0.25) is 0 Å². The SMILES string of the molecule is CC1C2CNCC2CN1C(C)C12CC3CC(CC(C3)C1)C2. The molecule has 6 fully saturated rings. The fourth-order valence-electron chi connectivity index (χ4n) is 7.75. The van der Waals surface area contributed by atoms with Crippen LogP contribution in [0.4, 0.5) is 0 Å². The summed E-state index contributed by atoms with van der Waals surface area (Å²) in [6.07, 6.45) is 9.44. The zero-order valence-electron chi connectivity index (χ0n) is 13.9. The third-order valence-corrected chi connectivity index (χ3v) is 8.45. The zero-order chi connectivity index (χ0) is 14.2. The lowest BCUT2D eigenvalue weighted by atomic mass is 9.47. The van der Waals surface area contributed by atoms with Crippen molar-refractivity contribution in [1.29, 1.82) is 0 Å². The van der Waals surface area contributed by atoms with Crippen molar-refractivity contribution in [2.24, 2.45) is 35.0 Å². The van der Waals surface area contributed by atoms with Crippen molar-refractivity contribution in [2.75, 3.05) is 19.6 Å². The largest absolute Gasteiger partial charge is 0.316 e. The van der Waals surface area contributed by atoms with Crippen LogP contribution in [0.3, 0.4) is 0 Å². The first-order valence-corrected chi connectivity index (χ1v) is 9.61. The van der Waals surface area contributed by atoms with Crippen LogP contribution in [-0.2, 0) is 0 Å². The van der Waals surface area contributed by atoms with Crippen molar-refractivity contribution in [1.82, 2.24) is 10.2 Å². The minimum atomic E-state index is 0.703. The standard InChI is InChI=1S/C19H32N2/c1-12-18-10-20-9-17(18)11-21(12)13(2)19-6-14-3-15(7-19)5-16(4-14)8-19/h12-18,20H,3-11H2,1-2H3. The first-order valence-electron chi connectivity index (χ1n) is 9.61. The molecule has 1 N–H and O–H groups in total. The maximum atomic E-state index is 3.62. The molecule has 6 aliphatic rings. The van der Waals surface area contributed by atoms with Crippen LogP contribution in [0, 0.1) is 35.0 Å². The second-order valence-electron chi connectivity index (χ2n) is 9.48. The molecule has 0 aromatic heterocycles. The highest BCUT2D eigenvalue weighted by Crippen LogP contribution is 2.62. The first-order chi connectivity index (χ1) is 10.1. The zero-order valence-corrected chi connectivity index (χ0v) is 13.9. The van der Waals surface area contributed by atoms with E-state index in [1.165, 1.54) is 19.6 Å². The van der Waals surface area contributed by atoms with E-state index in [9.17, 15) is 0 Å². The fourth-order valence-corrected chi connectivity index (χ4v) is 7.75. The fraction of sp³-hybridized carbons (Fsp3) is 1.00. The highest BCUT2D eigenvalue weighted by Gasteiger charge is 2.56. The van der Waals surface area contributed by atoms with Crippen LogP contribution < -0.4 is 5.32 Å². The average molecular weight is 288 g/mol. The number of fused-ring (bicyclic) bond motifs is 1. The average Bonchev–Trinajstić information content (AvgIpc) is 3.00. The molecule has 21 heavy (non-hydrogen) atoms. The maximum absolute atomic E-state index is 3.62. The molecule has 4 atom stereocenters. The highest BCUT2D eigenvalue weighted by molar-refractivity contribution is 5.08. The summed E-state index contributed by atoms with van der Waals surface area (Å²) in [5, 5.41) is 3.62. The topological polar surface area (TPSA) is 15.3 Å². The van der Waals surface area contributed by atoms with E-state index in [1.807, 2.05) is 0 Å². The van der Waals surface area contributed by atoms with Crippen LogP contribution >= 0.6 is 0 Å². The molecule has 0 amide bonds. The summed E-state index contributed by atoms with van der Waals surface area (Å²) in [4.78, 5) is 2.95. The second-order valence-corrected chi connectivity index (χ2v) is 9.48. The third-order valence-electron chi connectivity index (χ3n) is 8.45. The summed E-state index contributed by atoms with van der Waals surface area (Å²) in [6.45, 7) is 9.06. The Labute approximate surface area is 130 Å². The van der Waals surface area contributed by atoms with Crippen molar-refractivity contribution in [3.05, 3.63) is 0 Å². The normalized spacial score (nSPS) is 56.9. The van der Waals surface area contributed by atoms with Gasteiger partial charge in [0.15, 0.2) is 0 Å². The number of nitrogens with one attached hydrogen (secondary N) is 1. The van der Waals surface area contributed by atoms with Gasteiger partial charge in [-0.05, 0) is 100 Å². The van der Waals surface area contributed by atoms with E-state index < -0.39 is 0 Å². The van der Waals surface area contributed by atoms with E-state index in [4.69, 9.17) is 0 Å². The molecule has 2 aliphatic heterocycles. The van der Waals surface area contributed by atoms with Crippen molar-refractivity contribution in [2.45, 2.75) is 64.5 Å². The molecule has 4 bridgehead atoms. The Morgan fingerprint density at radius 2 is 1.62 bits per heavy atom. The molecule has 118 valence electrons. The lowest BCUT2D eigenvalue weighted by Crippen LogP contribution is -2.57. The number of likely N-dealkylation sites (tertiary alicyclic amines) is 1. The van der Waals surface area contributed by atoms with Gasteiger partial charge < -0.3 is 5.32 Å². The van der Waals surface area contributed by atoms with Crippen molar-refractivity contribution in [3.8, 4) is 0 Å². The Hall–Kier alpha value is -0.0800. The van der Waals surface area contributed by atoms with Gasteiger partial charge in [-0.15, -0.1) is 0 Å². The molecule has 4 unspecified atom stereocenters. The van der Waals surface area contributed by atoms with E-state index in [-0.39, 0.29) is 0 Å². The Morgan fingerprint density at radius 3 is 2.19 bits per heavy atom. The summed E-state index contributed by atoms with van der Waals surface area (Å²) in [5.74, 6) is 5.16. The molecule has 2 heteroatoms. The molecular formula is C19H32N2. The van der Waals surface area contributed by atoms with Crippen molar-refractivity contribution < 1.29 is 0 Å². The smallest absolute Gasteiger partial charge is 0.0127 e. The highest BCUT2D eigenvalue weighted by atomic mass is 15.2. The van der Waals surface area contributed by atoms with E-state index in [2.05, 4.69) is 24.1 Å². The minimum Gasteiger partial charge on any atom is -0.316 e. The van der Waals surface area contributed by atoms with Crippen LogP contribution in [0.5, 0.6) is 0 Å². The number of hydrogen-bond donors (Lipinski definition) is 1. The molecule has 0 radical (unpaired) electrons. The summed E-state index contributed by atoms with van der Waals surface area (Å²) in [5.41, 5.74) is 0.703. The molecule has 2 saturated heterocycles. The van der Waals surface area contributed by atoms with Gasteiger partial charge in [0.2, 0.25) is 0 Å². The summed E-state index contributed by atoms with van der Waals surface area (Å²) in [7, 11) is 0. The summed E-state index contributed by atoms with van der Waals surface area (Å²) < 4.78 is 0. The van der Waals surface area contributed by atoms with Crippen LogP contribution in [0.15, 0.2) is 0 Å². The van der Waals surface area contributed by atoms with E-state index in [0.717, 1.165) is 41.7 Å². The van der Waals surface area contributed by atoms with Crippen LogP contribution in [0.25, 0.3) is 0 Å². The molecule has 2 nitrogen and oxygen atoms in total. The van der Waals surface area contributed by atoms with Crippen LogP contribution in [0.1, 0.15) is 52.4 Å². The van der Waals surface area contributed by atoms with Gasteiger partial charge in [-0.25, -0.2) is 0 Å². The van der Waals surface area contributed by atoms with Crippen molar-refractivity contribution >= 4 is 0 Å².